The highest BCUT2D eigenvalue weighted by molar-refractivity contribution is 5.83. The smallest absolute Gasteiger partial charge is 0.239 e. The van der Waals surface area contributed by atoms with E-state index in [4.69, 9.17) is 5.11 Å². The Balaban J connectivity index is 4.24. The molecule has 3 N–H and O–H groups in total. The van der Waals surface area contributed by atoms with Crippen LogP contribution < -0.4 is 10.6 Å². The maximum Gasteiger partial charge on any atom is 0.239 e. The Morgan fingerprint density at radius 3 is 2.25 bits per heavy atom. The zero-order valence-corrected chi connectivity index (χ0v) is 10.1. The van der Waals surface area contributed by atoms with Crippen molar-refractivity contribution in [3.63, 3.8) is 0 Å². The van der Waals surface area contributed by atoms with Crippen molar-refractivity contribution in [3.8, 4) is 0 Å². The van der Waals surface area contributed by atoms with E-state index in [1.165, 1.54) is 4.90 Å². The normalized spacial score (nSPS) is 12.3. The molecule has 6 nitrogen and oxygen atoms in total. The number of nitrogens with zero attached hydrogens (tertiary/aromatic N) is 1. The highest BCUT2D eigenvalue weighted by Crippen LogP contribution is 1.95. The van der Waals surface area contributed by atoms with Gasteiger partial charge in [0.05, 0.1) is 13.2 Å². The Hall–Kier alpha value is -1.14. The van der Waals surface area contributed by atoms with Crippen LogP contribution in [0.1, 0.15) is 13.8 Å². The fourth-order valence-corrected chi connectivity index (χ4v) is 1.30. The van der Waals surface area contributed by atoms with Crippen molar-refractivity contribution in [2.75, 3.05) is 33.3 Å². The zero-order chi connectivity index (χ0) is 12.6. The molecule has 6 heteroatoms. The number of likely N-dealkylation sites (N-methyl/N-ethyl adjacent to an activating group) is 3. The zero-order valence-electron chi connectivity index (χ0n) is 10.1. The number of carbonyl (C=O) groups is 2. The summed E-state index contributed by atoms with van der Waals surface area (Å²) < 4.78 is 0. The Bertz CT molecular complexity index is 233. The van der Waals surface area contributed by atoms with Crippen molar-refractivity contribution in [2.24, 2.45) is 0 Å². The van der Waals surface area contributed by atoms with E-state index in [-0.39, 0.29) is 25.0 Å². The quantitative estimate of drug-likeness (QED) is 0.501. The monoisotopic (exact) mass is 231 g/mol. The fourth-order valence-electron chi connectivity index (χ4n) is 1.30. The Morgan fingerprint density at radius 2 is 1.81 bits per heavy atom. The van der Waals surface area contributed by atoms with Crippen LogP contribution in [0.2, 0.25) is 0 Å². The minimum Gasteiger partial charge on any atom is -0.394 e. The molecule has 0 heterocycles. The van der Waals surface area contributed by atoms with Crippen LogP contribution in [0.25, 0.3) is 0 Å². The van der Waals surface area contributed by atoms with Crippen LogP contribution in [0.3, 0.4) is 0 Å². The number of rotatable bonds is 7. The van der Waals surface area contributed by atoms with Gasteiger partial charge in [0.15, 0.2) is 0 Å². The van der Waals surface area contributed by atoms with Gasteiger partial charge in [0, 0.05) is 13.1 Å². The molecule has 0 spiro atoms. The van der Waals surface area contributed by atoms with Gasteiger partial charge in [-0.2, -0.15) is 0 Å². The lowest BCUT2D eigenvalue weighted by molar-refractivity contribution is -0.129. The van der Waals surface area contributed by atoms with Gasteiger partial charge in [-0.05, 0) is 20.9 Å². The van der Waals surface area contributed by atoms with Crippen LogP contribution in [0.5, 0.6) is 0 Å². The lowest BCUT2D eigenvalue weighted by Gasteiger charge is -2.24. The molecule has 0 fully saturated rings. The van der Waals surface area contributed by atoms with E-state index < -0.39 is 6.04 Å². The molecule has 0 aliphatic heterocycles. The van der Waals surface area contributed by atoms with E-state index >= 15 is 0 Å². The minimum atomic E-state index is -0.678. The first kappa shape index (κ1) is 14.9. The molecule has 2 amide bonds. The van der Waals surface area contributed by atoms with E-state index in [9.17, 15) is 9.59 Å². The summed E-state index contributed by atoms with van der Waals surface area (Å²) in [6.07, 6.45) is 0. The first-order valence-electron chi connectivity index (χ1n) is 5.42. The summed E-state index contributed by atoms with van der Waals surface area (Å²) in [5.41, 5.74) is 0. The Morgan fingerprint density at radius 1 is 1.25 bits per heavy atom. The third-order valence-corrected chi connectivity index (χ3v) is 2.13. The molecule has 0 aromatic heterocycles. The Labute approximate surface area is 96.0 Å². The molecule has 0 aromatic rings. The number of amides is 2. The van der Waals surface area contributed by atoms with Crippen molar-refractivity contribution < 1.29 is 14.7 Å². The average Bonchev–Trinajstić information content (AvgIpc) is 2.19. The molecule has 0 saturated heterocycles. The summed E-state index contributed by atoms with van der Waals surface area (Å²) >= 11 is 0. The van der Waals surface area contributed by atoms with Gasteiger partial charge in [-0.1, -0.05) is 0 Å². The second kappa shape index (κ2) is 8.06. The number of hydrogen-bond acceptors (Lipinski definition) is 4. The van der Waals surface area contributed by atoms with E-state index in [1.807, 2.05) is 6.92 Å². The summed E-state index contributed by atoms with van der Waals surface area (Å²) in [7, 11) is 1.63. The van der Waals surface area contributed by atoms with Crippen LogP contribution in [0.4, 0.5) is 0 Å². The summed E-state index contributed by atoms with van der Waals surface area (Å²) in [6.45, 7) is 4.47. The largest absolute Gasteiger partial charge is 0.394 e. The van der Waals surface area contributed by atoms with Crippen molar-refractivity contribution in [1.82, 2.24) is 15.5 Å². The van der Waals surface area contributed by atoms with Crippen LogP contribution in [0.15, 0.2) is 0 Å². The first-order chi connectivity index (χ1) is 7.56. The maximum absolute atomic E-state index is 11.5. The van der Waals surface area contributed by atoms with E-state index in [0.29, 0.717) is 13.1 Å². The van der Waals surface area contributed by atoms with E-state index in [0.717, 1.165) is 0 Å². The summed E-state index contributed by atoms with van der Waals surface area (Å²) in [6, 6.07) is -0.678. The SMILES string of the molecule is CCNC(=O)CN(C)C(CO)C(=O)NCC. The molecular formula is C10H21N3O3. The third kappa shape index (κ3) is 5.09. The highest BCUT2D eigenvalue weighted by atomic mass is 16.3. The lowest BCUT2D eigenvalue weighted by atomic mass is 10.2. The van der Waals surface area contributed by atoms with Crippen LogP contribution in [0, 0.1) is 0 Å². The third-order valence-electron chi connectivity index (χ3n) is 2.13. The van der Waals surface area contributed by atoms with Gasteiger partial charge >= 0.3 is 0 Å². The second-order valence-corrected chi connectivity index (χ2v) is 3.46. The summed E-state index contributed by atoms with van der Waals surface area (Å²) in [5, 5.41) is 14.3. The molecule has 1 atom stereocenters. The molecule has 0 saturated carbocycles. The second-order valence-electron chi connectivity index (χ2n) is 3.46. The number of aliphatic hydroxyl groups is 1. The number of hydrogen-bond donors (Lipinski definition) is 3. The van der Waals surface area contributed by atoms with Crippen molar-refractivity contribution in [1.29, 1.82) is 0 Å². The Kier molecular flexibility index (Phi) is 7.49. The minimum absolute atomic E-state index is 0.0935. The average molecular weight is 231 g/mol. The lowest BCUT2D eigenvalue weighted by Crippen LogP contribution is -2.50. The summed E-state index contributed by atoms with van der Waals surface area (Å²) in [4.78, 5) is 24.3. The molecule has 1 unspecified atom stereocenters. The van der Waals surface area contributed by atoms with E-state index in [1.54, 1.807) is 14.0 Å². The summed E-state index contributed by atoms with van der Waals surface area (Å²) in [5.74, 6) is -0.426. The van der Waals surface area contributed by atoms with Gasteiger partial charge in [-0.25, -0.2) is 0 Å². The van der Waals surface area contributed by atoms with Crippen LogP contribution in [-0.4, -0.2) is 61.2 Å². The first-order valence-corrected chi connectivity index (χ1v) is 5.42. The van der Waals surface area contributed by atoms with Crippen molar-refractivity contribution in [2.45, 2.75) is 19.9 Å². The van der Waals surface area contributed by atoms with Gasteiger partial charge in [-0.15, -0.1) is 0 Å². The molecule has 0 aliphatic carbocycles. The number of carbonyl (C=O) groups excluding carboxylic acids is 2. The highest BCUT2D eigenvalue weighted by Gasteiger charge is 2.23. The molecule has 0 aromatic carbocycles. The van der Waals surface area contributed by atoms with Crippen LogP contribution in [-0.2, 0) is 9.59 Å². The predicted octanol–water partition coefficient (Wildman–Crippen LogP) is -1.45. The fraction of sp³-hybridized carbons (Fsp3) is 0.800. The molecule has 0 rings (SSSR count). The molecule has 0 aliphatic rings. The number of aliphatic hydroxyl groups excluding tert-OH is 1. The van der Waals surface area contributed by atoms with Crippen molar-refractivity contribution >= 4 is 11.8 Å². The van der Waals surface area contributed by atoms with E-state index in [2.05, 4.69) is 10.6 Å². The van der Waals surface area contributed by atoms with Gasteiger partial charge in [0.25, 0.3) is 0 Å². The molecule has 94 valence electrons. The standard InChI is InChI=1S/C10H21N3O3/c1-4-11-9(15)6-13(3)8(7-14)10(16)12-5-2/h8,14H,4-7H2,1-3H3,(H,11,15)(H,12,16). The molecular weight excluding hydrogens is 210 g/mol. The van der Waals surface area contributed by atoms with Crippen molar-refractivity contribution in [3.05, 3.63) is 0 Å². The number of nitrogens with one attached hydrogen (secondary N) is 2. The molecule has 0 bridgehead atoms. The molecule has 16 heavy (non-hydrogen) atoms. The topological polar surface area (TPSA) is 81.7 Å². The van der Waals surface area contributed by atoms with Gasteiger partial charge < -0.3 is 15.7 Å². The predicted molar refractivity (Wildman–Crippen MR) is 60.9 cm³/mol. The van der Waals surface area contributed by atoms with Gasteiger partial charge in [0.1, 0.15) is 6.04 Å². The van der Waals surface area contributed by atoms with Crippen LogP contribution >= 0.6 is 0 Å². The molecule has 0 radical (unpaired) electrons. The van der Waals surface area contributed by atoms with Gasteiger partial charge in [-0.3, -0.25) is 14.5 Å². The maximum atomic E-state index is 11.5. The van der Waals surface area contributed by atoms with Gasteiger partial charge in [0.2, 0.25) is 11.8 Å².